The second-order valence-corrected chi connectivity index (χ2v) is 12.7. The number of nitrogens with one attached hydrogen (secondary N) is 1. The fourth-order valence-electron chi connectivity index (χ4n) is 5.84. The summed E-state index contributed by atoms with van der Waals surface area (Å²) < 4.78 is 44.0. The summed E-state index contributed by atoms with van der Waals surface area (Å²) in [7, 11) is 0. The number of hydrogen-bond acceptors (Lipinski definition) is 10. The van der Waals surface area contributed by atoms with Crippen molar-refractivity contribution in [3.8, 4) is 12.1 Å². The molecule has 246 valence electrons. The number of nitrogens with zero attached hydrogens (tertiary/aromatic N) is 12. The molecule has 2 fully saturated rings. The Hall–Kier alpha value is -5.16. The highest BCUT2D eigenvalue weighted by Crippen LogP contribution is 2.39. The SMILES string of the molecule is CC(C)(C#N)CCN1CCN(C(=O)Cn2cc(Nc3nc4c(N5CC(CC#N)(n6cc(C(F)(F)F)cn6)C5)cccn4n3)cn2)CC1. The molecule has 0 bridgehead atoms. The van der Waals surface area contributed by atoms with Crippen LogP contribution >= 0.6 is 0 Å². The molecule has 2 aliphatic rings. The van der Waals surface area contributed by atoms with Gasteiger partial charge in [-0.25, -0.2) is 4.52 Å². The summed E-state index contributed by atoms with van der Waals surface area (Å²) >= 11 is 0. The number of pyridine rings is 1. The van der Waals surface area contributed by atoms with E-state index in [4.69, 9.17) is 0 Å². The molecule has 0 radical (unpaired) electrons. The minimum absolute atomic E-state index is 0.00434. The molecule has 0 unspecified atom stereocenters. The molecule has 2 saturated heterocycles. The molecule has 14 nitrogen and oxygen atoms in total. The van der Waals surface area contributed by atoms with Crippen molar-refractivity contribution >= 4 is 28.9 Å². The molecule has 0 aliphatic carbocycles. The number of nitriles is 2. The summed E-state index contributed by atoms with van der Waals surface area (Å²) in [5, 5.41) is 34.5. The Kier molecular flexibility index (Phi) is 8.27. The van der Waals surface area contributed by atoms with Crippen LogP contribution in [0.3, 0.4) is 0 Å². The molecular formula is C30H34F3N13O. The number of halogens is 3. The molecule has 0 atom stereocenters. The summed E-state index contributed by atoms with van der Waals surface area (Å²) in [6.07, 6.45) is 3.00. The van der Waals surface area contributed by atoms with Gasteiger partial charge in [0.1, 0.15) is 12.1 Å². The van der Waals surface area contributed by atoms with Crippen LogP contribution in [0.15, 0.2) is 43.1 Å². The van der Waals surface area contributed by atoms with E-state index in [1.165, 1.54) is 4.68 Å². The molecule has 1 N–H and O–H groups in total. The molecule has 0 aromatic carbocycles. The summed E-state index contributed by atoms with van der Waals surface area (Å²) in [5.74, 6) is 0.267. The van der Waals surface area contributed by atoms with Crippen molar-refractivity contribution in [2.75, 3.05) is 56.0 Å². The summed E-state index contributed by atoms with van der Waals surface area (Å²) in [6, 6.07) is 8.05. The van der Waals surface area contributed by atoms with Gasteiger partial charge >= 0.3 is 6.18 Å². The van der Waals surface area contributed by atoms with Gasteiger partial charge in [0.2, 0.25) is 11.9 Å². The lowest BCUT2D eigenvalue weighted by atomic mass is 9.86. The fraction of sp³-hybridized carbons (Fsp3) is 0.500. The van der Waals surface area contributed by atoms with Crippen LogP contribution in [0.2, 0.25) is 0 Å². The zero-order chi connectivity index (χ0) is 33.4. The molecule has 6 rings (SSSR count). The van der Waals surface area contributed by atoms with Crippen LogP contribution in [0.1, 0.15) is 32.3 Å². The van der Waals surface area contributed by atoms with Crippen molar-refractivity contribution in [3.05, 3.63) is 48.7 Å². The number of carbonyl (C=O) groups excluding carboxylic acids is 1. The van der Waals surface area contributed by atoms with Crippen molar-refractivity contribution in [2.24, 2.45) is 5.41 Å². The first-order chi connectivity index (χ1) is 22.4. The van der Waals surface area contributed by atoms with E-state index in [0.717, 1.165) is 38.4 Å². The lowest BCUT2D eigenvalue weighted by molar-refractivity contribution is -0.137. The Morgan fingerprint density at radius 3 is 2.53 bits per heavy atom. The monoisotopic (exact) mass is 649 g/mol. The van der Waals surface area contributed by atoms with E-state index < -0.39 is 17.3 Å². The maximum Gasteiger partial charge on any atom is 0.419 e. The predicted molar refractivity (Wildman–Crippen MR) is 163 cm³/mol. The zero-order valence-electron chi connectivity index (χ0n) is 26.0. The average molecular weight is 650 g/mol. The fourth-order valence-corrected chi connectivity index (χ4v) is 5.84. The summed E-state index contributed by atoms with van der Waals surface area (Å²) in [6.45, 7) is 8.09. The maximum atomic E-state index is 13.2. The second-order valence-electron chi connectivity index (χ2n) is 12.7. The Morgan fingerprint density at radius 1 is 1.09 bits per heavy atom. The number of piperazine rings is 1. The van der Waals surface area contributed by atoms with Crippen LogP contribution in [-0.2, 0) is 23.1 Å². The van der Waals surface area contributed by atoms with Crippen LogP contribution in [0, 0.1) is 28.1 Å². The van der Waals surface area contributed by atoms with Gasteiger partial charge in [-0.05, 0) is 38.9 Å². The van der Waals surface area contributed by atoms with E-state index in [2.05, 4.69) is 42.6 Å². The van der Waals surface area contributed by atoms with Gasteiger partial charge in [-0.1, -0.05) is 0 Å². The first kappa shape index (κ1) is 31.8. The molecule has 4 aromatic rings. The number of rotatable bonds is 10. The van der Waals surface area contributed by atoms with Crippen molar-refractivity contribution in [2.45, 2.75) is 44.9 Å². The van der Waals surface area contributed by atoms with Crippen molar-refractivity contribution in [1.29, 1.82) is 10.5 Å². The lowest BCUT2D eigenvalue weighted by Gasteiger charge is -2.50. The van der Waals surface area contributed by atoms with Crippen LogP contribution in [0.4, 0.5) is 30.5 Å². The highest BCUT2D eigenvalue weighted by Gasteiger charge is 2.47. The van der Waals surface area contributed by atoms with Gasteiger partial charge in [-0.3, -0.25) is 19.1 Å². The first-order valence-electron chi connectivity index (χ1n) is 15.2. The quantitative estimate of drug-likeness (QED) is 0.271. The second kappa shape index (κ2) is 12.2. The van der Waals surface area contributed by atoms with E-state index in [-0.39, 0.29) is 37.4 Å². The smallest absolute Gasteiger partial charge is 0.363 e. The molecule has 6 heterocycles. The third-order valence-corrected chi connectivity index (χ3v) is 8.72. The van der Waals surface area contributed by atoms with E-state index in [1.54, 1.807) is 33.9 Å². The van der Waals surface area contributed by atoms with Crippen molar-refractivity contribution in [3.63, 3.8) is 0 Å². The van der Waals surface area contributed by atoms with E-state index in [0.29, 0.717) is 36.1 Å². The third kappa shape index (κ3) is 6.71. The molecule has 1 amide bonds. The van der Waals surface area contributed by atoms with Gasteiger partial charge in [-0.15, -0.1) is 5.10 Å². The minimum atomic E-state index is -4.52. The number of fused-ring (bicyclic) bond motifs is 1. The van der Waals surface area contributed by atoms with E-state index in [1.807, 2.05) is 29.7 Å². The number of carbonyl (C=O) groups is 1. The highest BCUT2D eigenvalue weighted by molar-refractivity contribution is 5.76. The van der Waals surface area contributed by atoms with Crippen LogP contribution in [-0.4, -0.2) is 95.7 Å². The average Bonchev–Trinajstić information content (AvgIpc) is 3.78. The molecule has 17 heteroatoms. The standard InChI is InChI=1S/C30H34F3N13O/c1-28(2,19-35)6-9-41-10-12-42(13-11-41)25(47)18-44-17-23(15-36-44)38-27-39-26-24(4-3-8-45(26)40-27)43-20-29(21-43,5-7-34)46-16-22(14-37-46)30(31,32)33/h3-4,8,14-17H,5-6,9-13,18,20-21H2,1-2H3,(H,38,40). The normalized spacial score (nSPS) is 16.9. The number of amides is 1. The third-order valence-electron chi connectivity index (χ3n) is 8.72. The predicted octanol–water partition coefficient (Wildman–Crippen LogP) is 3.10. The minimum Gasteiger partial charge on any atom is -0.363 e. The van der Waals surface area contributed by atoms with Gasteiger partial charge in [0.05, 0.1) is 53.3 Å². The van der Waals surface area contributed by atoms with Gasteiger partial charge in [-0.2, -0.15) is 38.9 Å². The Labute approximate surface area is 268 Å². The van der Waals surface area contributed by atoms with Gasteiger partial charge in [0.25, 0.3) is 0 Å². The first-order valence-corrected chi connectivity index (χ1v) is 15.2. The molecular weight excluding hydrogens is 615 g/mol. The largest absolute Gasteiger partial charge is 0.419 e. The van der Waals surface area contributed by atoms with Crippen LogP contribution in [0.5, 0.6) is 0 Å². The number of hydrogen-bond donors (Lipinski definition) is 1. The van der Waals surface area contributed by atoms with Crippen LogP contribution in [0.25, 0.3) is 5.65 Å². The number of anilines is 3. The van der Waals surface area contributed by atoms with Crippen LogP contribution < -0.4 is 10.2 Å². The summed E-state index contributed by atoms with van der Waals surface area (Å²) in [5.41, 5.74) is -0.299. The molecule has 0 spiro atoms. The number of aromatic nitrogens is 7. The lowest BCUT2D eigenvalue weighted by Crippen LogP contribution is -2.63. The van der Waals surface area contributed by atoms with E-state index >= 15 is 0 Å². The summed E-state index contributed by atoms with van der Waals surface area (Å²) in [4.78, 5) is 23.6. The Morgan fingerprint density at radius 2 is 1.85 bits per heavy atom. The molecule has 47 heavy (non-hydrogen) atoms. The van der Waals surface area contributed by atoms with Gasteiger partial charge in [0.15, 0.2) is 5.65 Å². The van der Waals surface area contributed by atoms with E-state index in [9.17, 15) is 28.5 Å². The van der Waals surface area contributed by atoms with Crippen molar-refractivity contribution in [1.82, 2.24) is 44.0 Å². The molecule has 0 saturated carbocycles. The number of alkyl halides is 3. The highest BCUT2D eigenvalue weighted by atomic mass is 19.4. The molecule has 2 aliphatic heterocycles. The maximum absolute atomic E-state index is 13.2. The Bertz CT molecular complexity index is 1830. The molecule has 4 aromatic heterocycles. The van der Waals surface area contributed by atoms with Crippen molar-refractivity contribution < 1.29 is 18.0 Å². The topological polar surface area (TPSA) is 152 Å². The zero-order valence-corrected chi connectivity index (χ0v) is 26.0. The Balaban J connectivity index is 1.06. The van der Waals surface area contributed by atoms with Gasteiger partial charge < -0.3 is 15.1 Å². The van der Waals surface area contributed by atoms with Gasteiger partial charge in [0, 0.05) is 57.9 Å².